The SMILES string of the molecule is C#CC(C1CC1)n1c(CC)nc2c(-c3ccc(OC)cc3C(F)(F)F)ncnc21. The monoisotopic (exact) mass is 400 g/mol. The first-order valence-corrected chi connectivity index (χ1v) is 9.32. The van der Waals surface area contributed by atoms with E-state index in [0.29, 0.717) is 29.3 Å². The summed E-state index contributed by atoms with van der Waals surface area (Å²) in [5, 5.41) is 0. The van der Waals surface area contributed by atoms with Gasteiger partial charge in [-0.3, -0.25) is 4.57 Å². The quantitative estimate of drug-likeness (QED) is 0.584. The van der Waals surface area contributed by atoms with Crippen LogP contribution in [0.2, 0.25) is 0 Å². The van der Waals surface area contributed by atoms with Crippen LogP contribution in [0.5, 0.6) is 5.75 Å². The average Bonchev–Trinajstić information content (AvgIpc) is 3.48. The summed E-state index contributed by atoms with van der Waals surface area (Å²) in [6.07, 6.45) is 5.08. The molecule has 4 rings (SSSR count). The maximum Gasteiger partial charge on any atom is 0.417 e. The Hall–Kier alpha value is -3.08. The van der Waals surface area contributed by atoms with Gasteiger partial charge in [0.15, 0.2) is 5.65 Å². The van der Waals surface area contributed by atoms with E-state index in [-0.39, 0.29) is 23.0 Å². The number of aryl methyl sites for hydroxylation is 1. The van der Waals surface area contributed by atoms with E-state index < -0.39 is 11.7 Å². The number of benzene rings is 1. The second kappa shape index (κ2) is 7.07. The summed E-state index contributed by atoms with van der Waals surface area (Å²) < 4.78 is 48.1. The van der Waals surface area contributed by atoms with Crippen LogP contribution in [0.15, 0.2) is 24.5 Å². The highest BCUT2D eigenvalue weighted by Crippen LogP contribution is 2.43. The van der Waals surface area contributed by atoms with E-state index in [4.69, 9.17) is 11.2 Å². The largest absolute Gasteiger partial charge is 0.497 e. The van der Waals surface area contributed by atoms with E-state index >= 15 is 0 Å². The number of methoxy groups -OCH3 is 1. The van der Waals surface area contributed by atoms with Crippen LogP contribution in [0.4, 0.5) is 13.2 Å². The molecular formula is C21H19F3N4O. The minimum absolute atomic E-state index is 0.0679. The zero-order valence-corrected chi connectivity index (χ0v) is 16.0. The number of hydrogen-bond donors (Lipinski definition) is 0. The molecule has 1 fully saturated rings. The van der Waals surface area contributed by atoms with Crippen molar-refractivity contribution in [2.45, 2.75) is 38.4 Å². The molecule has 0 spiro atoms. The lowest BCUT2D eigenvalue weighted by Crippen LogP contribution is -2.13. The van der Waals surface area contributed by atoms with Gasteiger partial charge in [-0.1, -0.05) is 12.8 Å². The number of nitrogens with zero attached hydrogens (tertiary/aromatic N) is 4. The van der Waals surface area contributed by atoms with Crippen molar-refractivity contribution in [2.24, 2.45) is 5.92 Å². The molecule has 1 aliphatic carbocycles. The van der Waals surface area contributed by atoms with Crippen molar-refractivity contribution in [1.82, 2.24) is 19.5 Å². The molecule has 0 N–H and O–H groups in total. The Balaban J connectivity index is 1.98. The molecule has 29 heavy (non-hydrogen) atoms. The Morgan fingerprint density at radius 1 is 1.31 bits per heavy atom. The number of fused-ring (bicyclic) bond motifs is 1. The van der Waals surface area contributed by atoms with Crippen molar-refractivity contribution in [3.63, 3.8) is 0 Å². The van der Waals surface area contributed by atoms with Crippen molar-refractivity contribution < 1.29 is 17.9 Å². The van der Waals surface area contributed by atoms with Crippen molar-refractivity contribution in [3.8, 4) is 29.4 Å². The molecule has 0 amide bonds. The van der Waals surface area contributed by atoms with Crippen LogP contribution in [-0.2, 0) is 12.6 Å². The van der Waals surface area contributed by atoms with Crippen LogP contribution in [-0.4, -0.2) is 26.6 Å². The standard InChI is InChI=1S/C21H19F3N4O/c1-4-16(12-6-7-12)28-17(5-2)27-19-18(25-11-26-20(19)28)14-9-8-13(29-3)10-15(14)21(22,23)24/h1,8-12,16H,5-7H2,2-3H3. The molecule has 3 aromatic rings. The molecule has 0 bridgehead atoms. The second-order valence-electron chi connectivity index (χ2n) is 7.00. The van der Waals surface area contributed by atoms with Gasteiger partial charge in [-0.05, 0) is 37.0 Å². The molecule has 0 aliphatic heterocycles. The van der Waals surface area contributed by atoms with Gasteiger partial charge >= 0.3 is 6.18 Å². The Bertz CT molecular complexity index is 1110. The Labute approximate surface area is 166 Å². The van der Waals surface area contributed by atoms with Crippen molar-refractivity contribution in [1.29, 1.82) is 0 Å². The molecule has 1 unspecified atom stereocenters. The van der Waals surface area contributed by atoms with Gasteiger partial charge in [0.25, 0.3) is 0 Å². The maximum absolute atomic E-state index is 13.7. The molecule has 1 atom stereocenters. The van der Waals surface area contributed by atoms with Crippen molar-refractivity contribution in [2.75, 3.05) is 7.11 Å². The first-order chi connectivity index (χ1) is 13.9. The average molecular weight is 400 g/mol. The number of hydrogen-bond acceptors (Lipinski definition) is 4. The minimum atomic E-state index is -4.58. The lowest BCUT2D eigenvalue weighted by atomic mass is 10.0. The third-order valence-electron chi connectivity index (χ3n) is 5.17. The fourth-order valence-corrected chi connectivity index (χ4v) is 3.62. The third-order valence-corrected chi connectivity index (χ3v) is 5.17. The zero-order chi connectivity index (χ0) is 20.8. The number of terminal acetylenes is 1. The summed E-state index contributed by atoms with van der Waals surface area (Å²) in [6, 6.07) is 3.59. The Morgan fingerprint density at radius 3 is 2.66 bits per heavy atom. The smallest absolute Gasteiger partial charge is 0.417 e. The Morgan fingerprint density at radius 2 is 2.07 bits per heavy atom. The van der Waals surface area contributed by atoms with Gasteiger partial charge < -0.3 is 4.74 Å². The van der Waals surface area contributed by atoms with E-state index in [0.717, 1.165) is 18.9 Å². The molecule has 2 aromatic heterocycles. The van der Waals surface area contributed by atoms with Crippen LogP contribution in [0.25, 0.3) is 22.4 Å². The predicted molar refractivity (Wildman–Crippen MR) is 102 cm³/mol. The van der Waals surface area contributed by atoms with Crippen LogP contribution in [0, 0.1) is 18.3 Å². The highest BCUT2D eigenvalue weighted by atomic mass is 19.4. The predicted octanol–water partition coefficient (Wildman–Crippen LogP) is 4.67. The first-order valence-electron chi connectivity index (χ1n) is 9.32. The molecule has 1 aliphatic rings. The van der Waals surface area contributed by atoms with Gasteiger partial charge in [0.05, 0.1) is 12.7 Å². The zero-order valence-electron chi connectivity index (χ0n) is 16.0. The van der Waals surface area contributed by atoms with E-state index in [1.165, 1.54) is 25.6 Å². The highest BCUT2D eigenvalue weighted by Gasteiger charge is 2.37. The van der Waals surface area contributed by atoms with E-state index in [1.807, 2.05) is 11.5 Å². The topological polar surface area (TPSA) is 52.8 Å². The fourth-order valence-electron chi connectivity index (χ4n) is 3.62. The summed E-state index contributed by atoms with van der Waals surface area (Å²) in [5.74, 6) is 3.96. The van der Waals surface area contributed by atoms with Crippen molar-refractivity contribution >= 4 is 11.2 Å². The first kappa shape index (κ1) is 19.2. The number of alkyl halides is 3. The molecule has 2 heterocycles. The molecule has 1 saturated carbocycles. The van der Waals surface area contributed by atoms with Crippen LogP contribution >= 0.6 is 0 Å². The number of ether oxygens (including phenoxy) is 1. The molecule has 1 aromatic carbocycles. The van der Waals surface area contributed by atoms with Crippen LogP contribution in [0.3, 0.4) is 0 Å². The third kappa shape index (κ3) is 3.31. The van der Waals surface area contributed by atoms with Gasteiger partial charge in [0.2, 0.25) is 0 Å². The fraction of sp³-hybridized carbons (Fsp3) is 0.381. The molecule has 5 nitrogen and oxygen atoms in total. The van der Waals surface area contributed by atoms with E-state index in [1.54, 1.807) is 0 Å². The van der Waals surface area contributed by atoms with Gasteiger partial charge in [0.1, 0.15) is 35.2 Å². The minimum Gasteiger partial charge on any atom is -0.497 e. The maximum atomic E-state index is 13.7. The van der Waals surface area contributed by atoms with E-state index in [2.05, 4.69) is 20.9 Å². The summed E-state index contributed by atoms with van der Waals surface area (Å²) in [5.41, 5.74) is 0.0124. The van der Waals surface area contributed by atoms with Crippen LogP contribution in [0.1, 0.15) is 37.2 Å². The lowest BCUT2D eigenvalue weighted by molar-refractivity contribution is -0.137. The number of halogens is 3. The van der Waals surface area contributed by atoms with E-state index in [9.17, 15) is 13.2 Å². The summed E-state index contributed by atoms with van der Waals surface area (Å²) >= 11 is 0. The molecule has 150 valence electrons. The Kier molecular flexibility index (Phi) is 4.69. The molecular weight excluding hydrogens is 381 g/mol. The van der Waals surface area contributed by atoms with Gasteiger partial charge in [-0.2, -0.15) is 13.2 Å². The van der Waals surface area contributed by atoms with Gasteiger partial charge in [-0.15, -0.1) is 6.42 Å². The van der Waals surface area contributed by atoms with Crippen molar-refractivity contribution in [3.05, 3.63) is 35.9 Å². The van der Waals surface area contributed by atoms with Crippen LogP contribution < -0.4 is 4.74 Å². The lowest BCUT2D eigenvalue weighted by Gasteiger charge is -2.15. The summed E-state index contributed by atoms with van der Waals surface area (Å²) in [7, 11) is 1.32. The molecule has 8 heteroatoms. The van der Waals surface area contributed by atoms with Gasteiger partial charge in [0, 0.05) is 12.0 Å². The number of aromatic nitrogens is 4. The normalized spacial score (nSPS) is 15.3. The van der Waals surface area contributed by atoms with Gasteiger partial charge in [-0.25, -0.2) is 15.0 Å². The second-order valence-corrected chi connectivity index (χ2v) is 7.00. The summed E-state index contributed by atoms with van der Waals surface area (Å²) in [6.45, 7) is 1.93. The summed E-state index contributed by atoms with van der Waals surface area (Å²) in [4.78, 5) is 13.1. The number of imidazole rings is 1. The highest BCUT2D eigenvalue weighted by molar-refractivity contribution is 5.89. The number of rotatable bonds is 5. The molecule has 0 radical (unpaired) electrons. The molecule has 0 saturated heterocycles.